The van der Waals surface area contributed by atoms with Crippen molar-refractivity contribution in [3.63, 3.8) is 0 Å². The van der Waals surface area contributed by atoms with Crippen LogP contribution in [0.5, 0.6) is 0 Å². The number of tetrazole rings is 1. The van der Waals surface area contributed by atoms with Gasteiger partial charge in [0.25, 0.3) is 5.56 Å². The third-order valence-corrected chi connectivity index (χ3v) is 5.04. The van der Waals surface area contributed by atoms with Crippen LogP contribution in [-0.2, 0) is 0 Å². The predicted molar refractivity (Wildman–Crippen MR) is 103 cm³/mol. The van der Waals surface area contributed by atoms with Crippen LogP contribution in [0.15, 0.2) is 57.8 Å². The van der Waals surface area contributed by atoms with Crippen molar-refractivity contribution in [2.75, 3.05) is 5.32 Å². The van der Waals surface area contributed by atoms with E-state index in [0.717, 1.165) is 10.0 Å². The minimum Gasteiger partial charge on any atom is -0.318 e. The van der Waals surface area contributed by atoms with Gasteiger partial charge < -0.3 is 5.32 Å². The maximum Gasteiger partial charge on any atom is 0.288 e. The summed E-state index contributed by atoms with van der Waals surface area (Å²) < 4.78 is 15.9. The Labute approximate surface area is 165 Å². The third-order valence-electron chi connectivity index (χ3n) is 4.55. The molecule has 28 heavy (non-hydrogen) atoms. The Morgan fingerprint density at radius 3 is 2.75 bits per heavy atom. The SMILES string of the molecule is O=c1[nH]nc(-c2ccc(F)cc2)c2c1Nc1nnnn1[C@@H]2c1cccc(Br)c1. The molecule has 1 aliphatic rings. The molecule has 1 aliphatic heterocycles. The molecular formula is C18H11BrFN7O. The van der Waals surface area contributed by atoms with Gasteiger partial charge in [0.2, 0.25) is 5.95 Å². The number of aromatic nitrogens is 6. The standard InChI is InChI=1S/C18H11BrFN7O/c19-11-3-1-2-10(8-11)16-13-14(9-4-6-12(20)7-5-9)22-23-17(28)15(13)21-18-24-25-26-27(16)18/h1-8,16H,(H,23,28)(H,21,24,26)/t16-/m1/s1. The highest BCUT2D eigenvalue weighted by atomic mass is 79.9. The molecule has 2 aromatic carbocycles. The minimum absolute atomic E-state index is 0.307. The zero-order valence-electron chi connectivity index (χ0n) is 14.1. The quantitative estimate of drug-likeness (QED) is 0.438. The van der Waals surface area contributed by atoms with Crippen LogP contribution in [0.4, 0.5) is 16.0 Å². The normalized spacial score (nSPS) is 14.9. The Morgan fingerprint density at radius 2 is 1.96 bits per heavy atom. The highest BCUT2D eigenvalue weighted by Gasteiger charge is 2.34. The van der Waals surface area contributed by atoms with E-state index in [4.69, 9.17) is 0 Å². The van der Waals surface area contributed by atoms with Gasteiger partial charge in [0.15, 0.2) is 0 Å². The van der Waals surface area contributed by atoms with Gasteiger partial charge in [-0.1, -0.05) is 33.2 Å². The molecule has 5 rings (SSSR count). The van der Waals surface area contributed by atoms with E-state index in [1.165, 1.54) is 12.1 Å². The number of aromatic amines is 1. The summed E-state index contributed by atoms with van der Waals surface area (Å²) in [7, 11) is 0. The summed E-state index contributed by atoms with van der Waals surface area (Å²) in [6.45, 7) is 0. The molecule has 0 aliphatic carbocycles. The second-order valence-electron chi connectivity index (χ2n) is 6.23. The maximum absolute atomic E-state index is 13.4. The highest BCUT2D eigenvalue weighted by molar-refractivity contribution is 9.10. The van der Waals surface area contributed by atoms with Gasteiger partial charge in [-0.3, -0.25) is 4.79 Å². The van der Waals surface area contributed by atoms with Crippen LogP contribution in [-0.4, -0.2) is 30.4 Å². The van der Waals surface area contributed by atoms with Gasteiger partial charge in [0.1, 0.15) is 17.5 Å². The second kappa shape index (κ2) is 6.34. The van der Waals surface area contributed by atoms with Crippen molar-refractivity contribution in [3.05, 3.63) is 80.3 Å². The van der Waals surface area contributed by atoms with Crippen LogP contribution >= 0.6 is 15.9 Å². The lowest BCUT2D eigenvalue weighted by Crippen LogP contribution is -2.29. The first-order valence-corrected chi connectivity index (χ1v) is 9.10. The number of hydrogen-bond donors (Lipinski definition) is 2. The Balaban J connectivity index is 1.82. The average Bonchev–Trinajstić information content (AvgIpc) is 3.16. The molecule has 0 bridgehead atoms. The molecule has 0 amide bonds. The van der Waals surface area contributed by atoms with E-state index in [2.05, 4.69) is 47.0 Å². The molecule has 2 aromatic heterocycles. The number of hydrogen-bond acceptors (Lipinski definition) is 6. The molecule has 138 valence electrons. The third kappa shape index (κ3) is 2.61. The lowest BCUT2D eigenvalue weighted by atomic mass is 9.92. The Bertz CT molecular complexity index is 1250. The number of rotatable bonds is 2. The first-order chi connectivity index (χ1) is 13.6. The van der Waals surface area contributed by atoms with Gasteiger partial charge >= 0.3 is 0 Å². The summed E-state index contributed by atoms with van der Waals surface area (Å²) in [5, 5.41) is 21.5. The zero-order chi connectivity index (χ0) is 19.3. The molecule has 3 heterocycles. The van der Waals surface area contributed by atoms with Crippen LogP contribution in [0, 0.1) is 5.82 Å². The number of H-pyrrole nitrogens is 1. The van der Waals surface area contributed by atoms with Gasteiger partial charge in [-0.2, -0.15) is 9.78 Å². The number of nitrogens with one attached hydrogen (secondary N) is 2. The molecular weight excluding hydrogens is 429 g/mol. The van der Waals surface area contributed by atoms with Gasteiger partial charge in [0, 0.05) is 15.6 Å². The second-order valence-corrected chi connectivity index (χ2v) is 7.14. The molecule has 0 saturated heterocycles. The molecule has 0 fully saturated rings. The first kappa shape index (κ1) is 16.8. The Kier molecular flexibility index (Phi) is 3.79. The number of halogens is 2. The largest absolute Gasteiger partial charge is 0.318 e. The summed E-state index contributed by atoms with van der Waals surface area (Å²) in [5.74, 6) is -0.00861. The zero-order valence-corrected chi connectivity index (χ0v) is 15.7. The van der Waals surface area contributed by atoms with E-state index in [-0.39, 0.29) is 5.82 Å². The van der Waals surface area contributed by atoms with E-state index in [0.29, 0.717) is 28.5 Å². The van der Waals surface area contributed by atoms with E-state index in [1.807, 2.05) is 24.3 Å². The number of anilines is 2. The molecule has 10 heteroatoms. The van der Waals surface area contributed by atoms with Crippen molar-refractivity contribution in [1.29, 1.82) is 0 Å². The van der Waals surface area contributed by atoms with Crippen molar-refractivity contribution in [2.45, 2.75) is 6.04 Å². The van der Waals surface area contributed by atoms with Crippen molar-refractivity contribution in [3.8, 4) is 11.3 Å². The molecule has 2 N–H and O–H groups in total. The number of fused-ring (bicyclic) bond motifs is 2. The van der Waals surface area contributed by atoms with Crippen LogP contribution in [0.1, 0.15) is 17.2 Å². The monoisotopic (exact) mass is 439 g/mol. The summed E-state index contributed by atoms with van der Waals surface area (Å²) in [5.41, 5.74) is 2.55. The van der Waals surface area contributed by atoms with E-state index >= 15 is 0 Å². The predicted octanol–water partition coefficient (Wildman–Crippen LogP) is 3.02. The van der Waals surface area contributed by atoms with Crippen molar-refractivity contribution >= 4 is 27.6 Å². The highest BCUT2D eigenvalue weighted by Crippen LogP contribution is 2.41. The summed E-state index contributed by atoms with van der Waals surface area (Å²) in [6.07, 6.45) is 0. The molecule has 1 atom stereocenters. The maximum atomic E-state index is 13.4. The Morgan fingerprint density at radius 1 is 1.14 bits per heavy atom. The molecule has 0 radical (unpaired) electrons. The first-order valence-electron chi connectivity index (χ1n) is 8.30. The van der Waals surface area contributed by atoms with Gasteiger partial charge in [-0.15, -0.1) is 0 Å². The van der Waals surface area contributed by atoms with Crippen LogP contribution in [0.3, 0.4) is 0 Å². The van der Waals surface area contributed by atoms with Crippen molar-refractivity contribution < 1.29 is 4.39 Å². The number of benzene rings is 2. The minimum atomic E-state index is -0.492. The fourth-order valence-electron chi connectivity index (χ4n) is 3.35. The van der Waals surface area contributed by atoms with Gasteiger partial charge in [-0.25, -0.2) is 9.49 Å². The van der Waals surface area contributed by atoms with Crippen molar-refractivity contribution in [1.82, 2.24) is 30.4 Å². The van der Waals surface area contributed by atoms with E-state index in [1.54, 1.807) is 16.8 Å². The average molecular weight is 440 g/mol. The smallest absolute Gasteiger partial charge is 0.288 e. The van der Waals surface area contributed by atoms with Crippen LogP contribution in [0.25, 0.3) is 11.3 Å². The molecule has 8 nitrogen and oxygen atoms in total. The van der Waals surface area contributed by atoms with Gasteiger partial charge in [0.05, 0.1) is 5.69 Å². The fourth-order valence-corrected chi connectivity index (χ4v) is 3.77. The summed E-state index contributed by atoms with van der Waals surface area (Å²) in [4.78, 5) is 12.5. The Hall–Kier alpha value is -3.40. The molecule has 0 saturated carbocycles. The summed E-state index contributed by atoms with van der Waals surface area (Å²) in [6, 6.07) is 13.1. The summed E-state index contributed by atoms with van der Waals surface area (Å²) >= 11 is 3.48. The van der Waals surface area contributed by atoms with Gasteiger partial charge in [-0.05, 0) is 52.4 Å². The lowest BCUT2D eigenvalue weighted by molar-refractivity contribution is 0.567. The molecule has 0 unspecified atom stereocenters. The molecule has 0 spiro atoms. The van der Waals surface area contributed by atoms with Crippen LogP contribution < -0.4 is 10.9 Å². The fraction of sp³-hybridized carbons (Fsp3) is 0.0556. The topological polar surface area (TPSA) is 101 Å². The van der Waals surface area contributed by atoms with E-state index in [9.17, 15) is 9.18 Å². The lowest BCUT2D eigenvalue weighted by Gasteiger charge is -2.27. The van der Waals surface area contributed by atoms with Crippen LogP contribution in [0.2, 0.25) is 0 Å². The van der Waals surface area contributed by atoms with Crippen molar-refractivity contribution in [2.24, 2.45) is 0 Å². The van der Waals surface area contributed by atoms with E-state index < -0.39 is 11.6 Å². The molecule has 4 aromatic rings. The number of nitrogens with zero attached hydrogens (tertiary/aromatic N) is 5.